The van der Waals surface area contributed by atoms with E-state index < -0.39 is 11.9 Å². The average molecular weight is 424 g/mol. The summed E-state index contributed by atoms with van der Waals surface area (Å²) in [5.41, 5.74) is 7.58. The van der Waals surface area contributed by atoms with Gasteiger partial charge in [-0.25, -0.2) is 14.6 Å². The van der Waals surface area contributed by atoms with Gasteiger partial charge in [0.25, 0.3) is 0 Å². The molecule has 3 rings (SSSR count). The fourth-order valence-corrected chi connectivity index (χ4v) is 2.94. The highest BCUT2D eigenvalue weighted by Gasteiger charge is 2.09. The number of imidazole rings is 1. The van der Waals surface area contributed by atoms with Gasteiger partial charge in [-0.05, 0) is 48.1 Å². The molecule has 0 unspecified atom stereocenters. The van der Waals surface area contributed by atoms with Crippen LogP contribution in [0.3, 0.4) is 0 Å². The van der Waals surface area contributed by atoms with Crippen LogP contribution in [0.2, 0.25) is 0 Å². The van der Waals surface area contributed by atoms with Gasteiger partial charge in [0.05, 0.1) is 11.9 Å². The van der Waals surface area contributed by atoms with E-state index in [0.29, 0.717) is 5.92 Å². The fourth-order valence-electron chi connectivity index (χ4n) is 2.94. The van der Waals surface area contributed by atoms with Gasteiger partial charge in [0.2, 0.25) is 5.95 Å². The van der Waals surface area contributed by atoms with Gasteiger partial charge in [-0.15, -0.1) is 0 Å². The van der Waals surface area contributed by atoms with Gasteiger partial charge in [0.15, 0.2) is 0 Å². The van der Waals surface area contributed by atoms with Crippen LogP contribution in [0, 0.1) is 13.8 Å². The molecule has 0 aliphatic heterocycles. The molecule has 0 saturated heterocycles. The van der Waals surface area contributed by atoms with E-state index in [9.17, 15) is 0 Å². The van der Waals surface area contributed by atoms with E-state index >= 15 is 0 Å². The van der Waals surface area contributed by atoms with Crippen LogP contribution >= 0.6 is 0 Å². The van der Waals surface area contributed by atoms with Crippen molar-refractivity contribution in [2.75, 3.05) is 5.32 Å². The predicted octanol–water partition coefficient (Wildman–Crippen LogP) is 4.60. The smallest absolute Gasteiger partial charge is 0.414 e. The molecule has 0 radical (unpaired) electrons. The minimum absolute atomic E-state index is 0.567. The number of hydrogen-bond donors (Lipinski definition) is 3. The topological polar surface area (TPSA) is 104 Å². The Morgan fingerprint density at radius 3 is 2.13 bits per heavy atom. The number of nitrogens with one attached hydrogen (secondary N) is 1. The summed E-state index contributed by atoms with van der Waals surface area (Å²) in [6, 6.07) is 15.3. The first-order chi connectivity index (χ1) is 14.6. The molecule has 1 heterocycles. The molecule has 0 aliphatic rings. The summed E-state index contributed by atoms with van der Waals surface area (Å²) in [6.45, 7) is 9.50. The molecule has 3 aromatic rings. The summed E-state index contributed by atoms with van der Waals surface area (Å²) in [4.78, 5) is 22.8. The minimum atomic E-state index is -1.82. The van der Waals surface area contributed by atoms with Crippen LogP contribution in [0.1, 0.15) is 42.0 Å². The summed E-state index contributed by atoms with van der Waals surface area (Å²) >= 11 is 0. The molecule has 0 bridgehead atoms. The zero-order valence-corrected chi connectivity index (χ0v) is 18.5. The van der Waals surface area contributed by atoms with Crippen LogP contribution in [0.4, 0.5) is 5.95 Å². The SMILES string of the molecule is Cc1ccc(-c2cnc(NCc3ccc(C(C)C)cc3)n2C)cc1C.O=C(O)C(=O)O. The van der Waals surface area contributed by atoms with E-state index in [4.69, 9.17) is 19.8 Å². The molecule has 2 aromatic carbocycles. The molecule has 0 atom stereocenters. The van der Waals surface area contributed by atoms with Crippen LogP contribution in [0.5, 0.6) is 0 Å². The largest absolute Gasteiger partial charge is 0.473 e. The molecule has 0 aliphatic carbocycles. The molecular weight excluding hydrogens is 394 g/mol. The maximum absolute atomic E-state index is 9.10. The Morgan fingerprint density at radius 1 is 1.00 bits per heavy atom. The lowest BCUT2D eigenvalue weighted by Crippen LogP contribution is -2.09. The van der Waals surface area contributed by atoms with Crippen LogP contribution in [0.15, 0.2) is 48.7 Å². The van der Waals surface area contributed by atoms with Gasteiger partial charge in [-0.1, -0.05) is 50.2 Å². The Kier molecular flexibility index (Phi) is 7.96. The lowest BCUT2D eigenvalue weighted by atomic mass is 10.0. The van der Waals surface area contributed by atoms with Crippen LogP contribution in [-0.2, 0) is 23.2 Å². The fraction of sp³-hybridized carbons (Fsp3) is 0.292. The van der Waals surface area contributed by atoms with Gasteiger partial charge in [-0.3, -0.25) is 0 Å². The molecule has 7 nitrogen and oxygen atoms in total. The van der Waals surface area contributed by atoms with Crippen molar-refractivity contribution >= 4 is 17.9 Å². The highest BCUT2D eigenvalue weighted by atomic mass is 16.4. The van der Waals surface area contributed by atoms with Crippen molar-refractivity contribution in [2.45, 2.75) is 40.2 Å². The summed E-state index contributed by atoms with van der Waals surface area (Å²) in [5.74, 6) is -2.19. The summed E-state index contributed by atoms with van der Waals surface area (Å²) in [5, 5.41) is 18.2. The van der Waals surface area contributed by atoms with Crippen molar-refractivity contribution in [3.05, 3.63) is 70.9 Å². The highest BCUT2D eigenvalue weighted by Crippen LogP contribution is 2.24. The molecule has 0 saturated carbocycles. The second kappa shape index (κ2) is 10.4. The number of carbonyl (C=O) groups is 2. The van der Waals surface area contributed by atoms with Crippen LogP contribution in [-0.4, -0.2) is 31.7 Å². The molecule has 1 aromatic heterocycles. The molecular formula is C24H29N3O4. The zero-order valence-electron chi connectivity index (χ0n) is 18.5. The number of aromatic nitrogens is 2. The summed E-state index contributed by atoms with van der Waals surface area (Å²) in [7, 11) is 2.06. The van der Waals surface area contributed by atoms with Gasteiger partial charge >= 0.3 is 11.9 Å². The lowest BCUT2D eigenvalue weighted by molar-refractivity contribution is -0.159. The number of anilines is 1. The Balaban J connectivity index is 0.000000501. The van der Waals surface area contributed by atoms with E-state index in [-0.39, 0.29) is 0 Å². The first-order valence-corrected chi connectivity index (χ1v) is 9.98. The predicted molar refractivity (Wildman–Crippen MR) is 121 cm³/mol. The van der Waals surface area contributed by atoms with Crippen molar-refractivity contribution in [1.82, 2.24) is 9.55 Å². The number of nitrogens with zero attached hydrogens (tertiary/aromatic N) is 2. The van der Waals surface area contributed by atoms with Gasteiger partial charge in [0.1, 0.15) is 0 Å². The second-order valence-electron chi connectivity index (χ2n) is 7.69. The molecule has 31 heavy (non-hydrogen) atoms. The minimum Gasteiger partial charge on any atom is -0.473 e. The Labute approximate surface area is 182 Å². The van der Waals surface area contributed by atoms with Crippen molar-refractivity contribution in [2.24, 2.45) is 7.05 Å². The Morgan fingerprint density at radius 2 is 1.61 bits per heavy atom. The molecule has 164 valence electrons. The molecule has 7 heteroatoms. The maximum atomic E-state index is 9.10. The van der Waals surface area contributed by atoms with Crippen molar-refractivity contribution in [1.29, 1.82) is 0 Å². The van der Waals surface area contributed by atoms with Crippen molar-refractivity contribution in [3.63, 3.8) is 0 Å². The van der Waals surface area contributed by atoms with E-state index in [0.717, 1.165) is 18.2 Å². The second-order valence-corrected chi connectivity index (χ2v) is 7.69. The Bertz CT molecular complexity index is 1040. The number of carboxylic acids is 2. The van der Waals surface area contributed by atoms with E-state index in [1.165, 1.54) is 27.8 Å². The Hall–Kier alpha value is -3.61. The molecule has 0 amide bonds. The zero-order chi connectivity index (χ0) is 23.1. The van der Waals surface area contributed by atoms with Gasteiger partial charge < -0.3 is 20.1 Å². The summed E-state index contributed by atoms with van der Waals surface area (Å²) < 4.78 is 2.12. The standard InChI is InChI=1S/C22H27N3.C2H2O4/c1-15(2)19-10-7-18(8-11-19)13-23-22-24-14-21(25(22)5)20-9-6-16(3)17(4)12-20;3-1(4)2(5)6/h6-12,14-15H,13H2,1-5H3,(H,23,24);(H,3,4)(H,5,6). The van der Waals surface area contributed by atoms with Crippen LogP contribution in [0.25, 0.3) is 11.3 Å². The number of aliphatic carboxylic acids is 2. The number of rotatable bonds is 5. The van der Waals surface area contributed by atoms with E-state index in [1.807, 2.05) is 6.20 Å². The maximum Gasteiger partial charge on any atom is 0.414 e. The van der Waals surface area contributed by atoms with Crippen LogP contribution < -0.4 is 5.32 Å². The van der Waals surface area contributed by atoms with Gasteiger partial charge in [-0.2, -0.15) is 0 Å². The van der Waals surface area contributed by atoms with Gasteiger partial charge in [0, 0.05) is 19.2 Å². The third-order valence-corrected chi connectivity index (χ3v) is 5.07. The molecule has 0 fully saturated rings. The number of carboxylic acid groups (broad SMARTS) is 2. The normalized spacial score (nSPS) is 10.4. The monoisotopic (exact) mass is 423 g/mol. The summed E-state index contributed by atoms with van der Waals surface area (Å²) in [6.07, 6.45) is 1.94. The third kappa shape index (κ3) is 6.44. The first kappa shape index (κ1) is 23.7. The molecule has 3 N–H and O–H groups in total. The quantitative estimate of drug-likeness (QED) is 0.518. The van der Waals surface area contributed by atoms with E-state index in [1.54, 1.807) is 0 Å². The van der Waals surface area contributed by atoms with Crippen molar-refractivity contribution < 1.29 is 19.8 Å². The number of aryl methyl sites for hydroxylation is 2. The van der Waals surface area contributed by atoms with E-state index in [2.05, 4.69) is 92.1 Å². The first-order valence-electron chi connectivity index (χ1n) is 9.98. The average Bonchev–Trinajstić information content (AvgIpc) is 3.09. The lowest BCUT2D eigenvalue weighted by Gasteiger charge is -2.10. The van der Waals surface area contributed by atoms with Crippen molar-refractivity contribution in [3.8, 4) is 11.3 Å². The third-order valence-electron chi connectivity index (χ3n) is 5.07. The number of benzene rings is 2. The highest BCUT2D eigenvalue weighted by molar-refractivity contribution is 6.27. The number of hydrogen-bond acceptors (Lipinski definition) is 4. The molecule has 0 spiro atoms.